The van der Waals surface area contributed by atoms with Gasteiger partial charge in [-0.25, -0.2) is 0 Å². The summed E-state index contributed by atoms with van der Waals surface area (Å²) in [6.07, 6.45) is 2.92. The molecule has 0 bridgehead atoms. The molecule has 1 saturated carbocycles. The minimum absolute atomic E-state index is 0.0639. The van der Waals surface area contributed by atoms with E-state index >= 15 is 0 Å². The molecule has 2 atom stereocenters. The molecule has 0 aromatic rings. The van der Waals surface area contributed by atoms with Crippen LogP contribution in [0.2, 0.25) is 0 Å². The molecule has 1 rings (SSSR count). The molecule has 94 valence electrons. The molecule has 0 heterocycles. The SMILES string of the molecule is CC(C)OCCOC(=O)C1(C)CCCC1N. The van der Waals surface area contributed by atoms with Crippen molar-refractivity contribution in [2.24, 2.45) is 11.1 Å². The predicted molar refractivity (Wildman–Crippen MR) is 62.0 cm³/mol. The van der Waals surface area contributed by atoms with E-state index in [1.165, 1.54) is 0 Å². The Bertz CT molecular complexity index is 242. The number of ether oxygens (including phenoxy) is 2. The summed E-state index contributed by atoms with van der Waals surface area (Å²) in [5.74, 6) is -0.176. The van der Waals surface area contributed by atoms with Gasteiger partial charge in [0.15, 0.2) is 0 Å². The zero-order chi connectivity index (χ0) is 12.2. The van der Waals surface area contributed by atoms with E-state index in [0.29, 0.717) is 13.2 Å². The molecule has 0 aromatic carbocycles. The predicted octanol–water partition coefficient (Wildman–Crippen LogP) is 1.47. The van der Waals surface area contributed by atoms with Crippen LogP contribution in [0.1, 0.15) is 40.0 Å². The third kappa shape index (κ3) is 3.19. The van der Waals surface area contributed by atoms with Gasteiger partial charge in [0.1, 0.15) is 6.61 Å². The van der Waals surface area contributed by atoms with Gasteiger partial charge >= 0.3 is 5.97 Å². The average Bonchev–Trinajstić information content (AvgIpc) is 2.55. The molecule has 1 aliphatic carbocycles. The highest BCUT2D eigenvalue weighted by Crippen LogP contribution is 2.37. The van der Waals surface area contributed by atoms with Crippen molar-refractivity contribution >= 4 is 5.97 Å². The highest BCUT2D eigenvalue weighted by atomic mass is 16.6. The molecule has 2 unspecified atom stereocenters. The molecule has 0 spiro atoms. The van der Waals surface area contributed by atoms with Crippen molar-refractivity contribution in [2.75, 3.05) is 13.2 Å². The Morgan fingerprint density at radius 2 is 2.19 bits per heavy atom. The second kappa shape index (κ2) is 5.64. The molecule has 0 amide bonds. The second-order valence-corrected chi connectivity index (χ2v) is 4.97. The van der Waals surface area contributed by atoms with E-state index in [4.69, 9.17) is 15.2 Å². The Hall–Kier alpha value is -0.610. The van der Waals surface area contributed by atoms with Gasteiger partial charge in [0.25, 0.3) is 0 Å². The van der Waals surface area contributed by atoms with Gasteiger partial charge in [0.2, 0.25) is 0 Å². The molecule has 2 N–H and O–H groups in total. The first kappa shape index (κ1) is 13.5. The first-order valence-corrected chi connectivity index (χ1v) is 6.01. The van der Waals surface area contributed by atoms with Crippen molar-refractivity contribution in [1.29, 1.82) is 0 Å². The topological polar surface area (TPSA) is 61.5 Å². The number of nitrogens with two attached hydrogens (primary N) is 1. The standard InChI is InChI=1S/C12H23NO3/c1-9(2)15-7-8-16-11(14)12(3)6-4-5-10(12)13/h9-10H,4-8,13H2,1-3H3. The van der Waals surface area contributed by atoms with Gasteiger partial charge in [-0.2, -0.15) is 0 Å². The van der Waals surface area contributed by atoms with E-state index in [2.05, 4.69) is 0 Å². The summed E-state index contributed by atoms with van der Waals surface area (Å²) in [5.41, 5.74) is 5.45. The van der Waals surface area contributed by atoms with Crippen LogP contribution in [0.4, 0.5) is 0 Å². The summed E-state index contributed by atoms with van der Waals surface area (Å²) < 4.78 is 10.5. The lowest BCUT2D eigenvalue weighted by Gasteiger charge is -2.26. The maximum Gasteiger partial charge on any atom is 0.313 e. The third-order valence-corrected chi connectivity index (χ3v) is 3.26. The van der Waals surface area contributed by atoms with Crippen molar-refractivity contribution < 1.29 is 14.3 Å². The van der Waals surface area contributed by atoms with Gasteiger partial charge in [0.05, 0.1) is 18.1 Å². The van der Waals surface area contributed by atoms with Crippen molar-refractivity contribution in [3.63, 3.8) is 0 Å². The maximum absolute atomic E-state index is 11.9. The minimum Gasteiger partial charge on any atom is -0.463 e. The molecule has 16 heavy (non-hydrogen) atoms. The van der Waals surface area contributed by atoms with E-state index < -0.39 is 5.41 Å². The molecule has 1 fully saturated rings. The Morgan fingerprint density at radius 1 is 1.50 bits per heavy atom. The Morgan fingerprint density at radius 3 is 2.69 bits per heavy atom. The summed E-state index contributed by atoms with van der Waals surface area (Å²) in [6, 6.07) is -0.0639. The number of hydrogen-bond acceptors (Lipinski definition) is 4. The monoisotopic (exact) mass is 229 g/mol. The van der Waals surface area contributed by atoms with Gasteiger partial charge in [0, 0.05) is 6.04 Å². The molecule has 0 saturated heterocycles. The van der Waals surface area contributed by atoms with Gasteiger partial charge < -0.3 is 15.2 Å². The summed E-state index contributed by atoms with van der Waals surface area (Å²) in [6.45, 7) is 6.58. The summed E-state index contributed by atoms with van der Waals surface area (Å²) in [5, 5.41) is 0. The van der Waals surface area contributed by atoms with Crippen LogP contribution < -0.4 is 5.73 Å². The van der Waals surface area contributed by atoms with E-state index in [0.717, 1.165) is 19.3 Å². The van der Waals surface area contributed by atoms with E-state index in [9.17, 15) is 4.79 Å². The highest BCUT2D eigenvalue weighted by molar-refractivity contribution is 5.77. The van der Waals surface area contributed by atoms with Crippen LogP contribution in [0.25, 0.3) is 0 Å². The zero-order valence-electron chi connectivity index (χ0n) is 10.5. The third-order valence-electron chi connectivity index (χ3n) is 3.26. The normalized spacial score (nSPS) is 29.7. The maximum atomic E-state index is 11.9. The van der Waals surface area contributed by atoms with Crippen LogP contribution in [0, 0.1) is 5.41 Å². The quantitative estimate of drug-likeness (QED) is 0.573. The molecule has 0 aliphatic heterocycles. The Kier molecular flexibility index (Phi) is 4.74. The fourth-order valence-corrected chi connectivity index (χ4v) is 2.03. The number of esters is 1. The van der Waals surface area contributed by atoms with Crippen molar-refractivity contribution in [3.05, 3.63) is 0 Å². The van der Waals surface area contributed by atoms with Gasteiger partial charge in [-0.05, 0) is 33.6 Å². The first-order chi connectivity index (χ1) is 7.47. The largest absolute Gasteiger partial charge is 0.463 e. The Labute approximate surface area is 97.5 Å². The second-order valence-electron chi connectivity index (χ2n) is 4.97. The zero-order valence-corrected chi connectivity index (χ0v) is 10.5. The van der Waals surface area contributed by atoms with Crippen LogP contribution in [0.15, 0.2) is 0 Å². The molecule has 0 aromatic heterocycles. The fraction of sp³-hybridized carbons (Fsp3) is 0.917. The van der Waals surface area contributed by atoms with Crippen LogP contribution in [0.5, 0.6) is 0 Å². The van der Waals surface area contributed by atoms with E-state index in [1.807, 2.05) is 20.8 Å². The number of carbonyl (C=O) groups is 1. The molecule has 4 heteroatoms. The van der Waals surface area contributed by atoms with Crippen molar-refractivity contribution in [3.8, 4) is 0 Å². The first-order valence-electron chi connectivity index (χ1n) is 6.01. The van der Waals surface area contributed by atoms with E-state index in [-0.39, 0.29) is 18.1 Å². The molecule has 1 aliphatic rings. The number of hydrogen-bond donors (Lipinski definition) is 1. The molecule has 4 nitrogen and oxygen atoms in total. The summed E-state index contributed by atoms with van der Waals surface area (Å²) in [4.78, 5) is 11.9. The fourth-order valence-electron chi connectivity index (χ4n) is 2.03. The number of rotatable bonds is 5. The van der Waals surface area contributed by atoms with Gasteiger partial charge in [-0.3, -0.25) is 4.79 Å². The Balaban J connectivity index is 2.29. The molecular formula is C12H23NO3. The highest BCUT2D eigenvalue weighted by Gasteiger charge is 2.44. The summed E-state index contributed by atoms with van der Waals surface area (Å²) in [7, 11) is 0. The van der Waals surface area contributed by atoms with Gasteiger partial charge in [-0.1, -0.05) is 6.42 Å². The van der Waals surface area contributed by atoms with Crippen LogP contribution in [0.3, 0.4) is 0 Å². The average molecular weight is 229 g/mol. The van der Waals surface area contributed by atoms with Crippen LogP contribution >= 0.6 is 0 Å². The lowest BCUT2D eigenvalue weighted by Crippen LogP contribution is -2.42. The molecular weight excluding hydrogens is 206 g/mol. The lowest BCUT2D eigenvalue weighted by molar-refractivity contribution is -0.157. The van der Waals surface area contributed by atoms with E-state index in [1.54, 1.807) is 0 Å². The smallest absolute Gasteiger partial charge is 0.313 e. The molecule has 0 radical (unpaired) electrons. The van der Waals surface area contributed by atoms with Crippen molar-refractivity contribution in [2.45, 2.75) is 52.2 Å². The van der Waals surface area contributed by atoms with Crippen molar-refractivity contribution in [1.82, 2.24) is 0 Å². The van der Waals surface area contributed by atoms with Crippen LogP contribution in [-0.4, -0.2) is 31.3 Å². The van der Waals surface area contributed by atoms with Crippen LogP contribution in [-0.2, 0) is 14.3 Å². The number of carbonyl (C=O) groups excluding carboxylic acids is 1. The minimum atomic E-state index is -0.488. The summed E-state index contributed by atoms with van der Waals surface area (Å²) >= 11 is 0. The lowest BCUT2D eigenvalue weighted by atomic mass is 9.85. The van der Waals surface area contributed by atoms with Gasteiger partial charge in [-0.15, -0.1) is 0 Å².